The Kier molecular flexibility index (Phi) is 7.83. The summed E-state index contributed by atoms with van der Waals surface area (Å²) < 4.78 is 25.8. The minimum Gasteiger partial charge on any atom is -0.393 e. The quantitative estimate of drug-likeness (QED) is 0.425. The van der Waals surface area contributed by atoms with Gasteiger partial charge in [0.05, 0.1) is 15.9 Å². The molecule has 0 amide bonds. The third-order valence-corrected chi connectivity index (χ3v) is 12.7. The molecule has 3 unspecified atom stereocenters. The van der Waals surface area contributed by atoms with Gasteiger partial charge < -0.3 is 19.8 Å². The van der Waals surface area contributed by atoms with Crippen LogP contribution in [0, 0.1) is 17.8 Å². The van der Waals surface area contributed by atoms with E-state index in [1.807, 2.05) is 12.1 Å². The molecule has 2 saturated heterocycles. The summed E-state index contributed by atoms with van der Waals surface area (Å²) in [5.74, 6) is 1.56. The summed E-state index contributed by atoms with van der Waals surface area (Å²) in [6.07, 6.45) is 8.43. The van der Waals surface area contributed by atoms with Gasteiger partial charge in [0.1, 0.15) is 0 Å². The van der Waals surface area contributed by atoms with E-state index in [0.717, 1.165) is 70.8 Å². The van der Waals surface area contributed by atoms with Gasteiger partial charge in [-0.2, -0.15) is 0 Å². The highest BCUT2D eigenvalue weighted by atomic mass is 32.2. The Morgan fingerprint density at radius 3 is 2.30 bits per heavy atom. The molecule has 1 saturated carbocycles. The van der Waals surface area contributed by atoms with Gasteiger partial charge in [0.2, 0.25) is 9.84 Å². The maximum absolute atomic E-state index is 12.9. The summed E-state index contributed by atoms with van der Waals surface area (Å²) in [4.78, 5) is 12.0. The summed E-state index contributed by atoms with van der Waals surface area (Å²) >= 11 is 0. The molecule has 3 fully saturated rings. The minimum absolute atomic E-state index is 0.0376. The lowest BCUT2D eigenvalue weighted by Gasteiger charge is -2.54. The van der Waals surface area contributed by atoms with Crippen LogP contribution in [0.4, 0.5) is 5.69 Å². The Morgan fingerprint density at radius 2 is 1.60 bits per heavy atom. The van der Waals surface area contributed by atoms with E-state index in [1.165, 1.54) is 48.5 Å². The lowest BCUT2D eigenvalue weighted by atomic mass is 9.56. The van der Waals surface area contributed by atoms with Crippen LogP contribution in [0.3, 0.4) is 0 Å². The van der Waals surface area contributed by atoms with Crippen molar-refractivity contribution in [2.75, 3.05) is 51.2 Å². The van der Waals surface area contributed by atoms with Gasteiger partial charge in [-0.15, -0.1) is 0 Å². The first-order valence-corrected chi connectivity index (χ1v) is 17.5. The Hall–Kier alpha value is -2.78. The molecule has 1 aliphatic carbocycles. The lowest BCUT2D eigenvalue weighted by molar-refractivity contribution is -0.00308. The second kappa shape index (κ2) is 11.6. The summed E-state index contributed by atoms with van der Waals surface area (Å²) in [6, 6.07) is 19.5. The molecule has 3 aliphatic heterocycles. The van der Waals surface area contributed by atoms with Gasteiger partial charge in [-0.05, 0) is 105 Å². The molecule has 0 spiro atoms. The largest absolute Gasteiger partial charge is 0.393 e. The predicted octanol–water partition coefficient (Wildman–Crippen LogP) is 4.61. The lowest BCUT2D eigenvalue weighted by Crippen LogP contribution is -2.58. The van der Waals surface area contributed by atoms with E-state index in [9.17, 15) is 13.5 Å². The monoisotopic (exact) mass is 600 g/mol. The molecule has 43 heavy (non-hydrogen) atoms. The fourth-order valence-corrected chi connectivity index (χ4v) is 10.1. The van der Waals surface area contributed by atoms with Crippen molar-refractivity contribution < 1.29 is 13.5 Å². The number of aliphatic hydroxyl groups is 1. The van der Waals surface area contributed by atoms with Crippen LogP contribution in [-0.4, -0.2) is 80.7 Å². The fourth-order valence-electron chi connectivity index (χ4n) is 8.88. The Labute approximate surface area is 256 Å². The van der Waals surface area contributed by atoms with E-state index in [1.54, 1.807) is 12.1 Å². The van der Waals surface area contributed by atoms with Crippen molar-refractivity contribution in [3.05, 3.63) is 84.2 Å². The number of pyridine rings is 1. The van der Waals surface area contributed by atoms with Gasteiger partial charge >= 0.3 is 0 Å². The van der Waals surface area contributed by atoms with Gasteiger partial charge in [0, 0.05) is 62.1 Å². The Bertz CT molecular complexity index is 1520. The summed E-state index contributed by atoms with van der Waals surface area (Å²) in [5.41, 5.74) is 4.10. The van der Waals surface area contributed by atoms with Gasteiger partial charge in [0.25, 0.3) is 0 Å². The first kappa shape index (κ1) is 29.0. The van der Waals surface area contributed by atoms with Crippen LogP contribution < -0.4 is 4.90 Å². The average Bonchev–Trinajstić information content (AvgIpc) is 3.45. The number of sulfone groups is 1. The molecular weight excluding hydrogens is 556 g/mol. The van der Waals surface area contributed by atoms with Crippen molar-refractivity contribution in [3.63, 3.8) is 0 Å². The van der Waals surface area contributed by atoms with Crippen LogP contribution in [0.25, 0.3) is 0 Å². The molecule has 3 atom stereocenters. The van der Waals surface area contributed by atoms with Crippen molar-refractivity contribution in [1.29, 1.82) is 0 Å². The van der Waals surface area contributed by atoms with Gasteiger partial charge in [-0.1, -0.05) is 30.7 Å². The maximum atomic E-state index is 12.9. The number of likely N-dealkylation sites (N-methyl/N-ethyl adjacent to an activating group) is 1. The van der Waals surface area contributed by atoms with Crippen LogP contribution in [0.1, 0.15) is 43.2 Å². The second-order valence-corrected chi connectivity index (χ2v) is 15.5. The van der Waals surface area contributed by atoms with E-state index in [4.69, 9.17) is 0 Å². The molecule has 7 nitrogen and oxygen atoms in total. The molecule has 7 rings (SSSR count). The molecular formula is C35H44N4O3S. The standard InChI is InChI=1S/C35H44N4O3S/c1-37-24-27-5-2-3-6-32(27)35(25-37,33-7-4-8-34(33)40)28-15-19-38(20-16-28)21-26-22-39(23-26)29-9-11-30(12-10-29)43(41,42)31-13-17-36-18-14-31/h2-3,5-6,9-14,17-18,26,28,33-34,40H,4,7-8,15-16,19-25H2,1H3. The van der Waals surface area contributed by atoms with Crippen LogP contribution in [0.15, 0.2) is 82.8 Å². The van der Waals surface area contributed by atoms with Crippen LogP contribution >= 0.6 is 0 Å². The Morgan fingerprint density at radius 1 is 0.907 bits per heavy atom. The van der Waals surface area contributed by atoms with E-state index < -0.39 is 9.84 Å². The molecule has 228 valence electrons. The first-order chi connectivity index (χ1) is 20.8. The number of fused-ring (bicyclic) bond motifs is 1. The van der Waals surface area contributed by atoms with Crippen molar-refractivity contribution in [2.45, 2.75) is 60.0 Å². The molecule has 1 aromatic heterocycles. The smallest absolute Gasteiger partial charge is 0.206 e. The van der Waals surface area contributed by atoms with Crippen LogP contribution in [-0.2, 0) is 21.8 Å². The van der Waals surface area contributed by atoms with Gasteiger partial charge in [-0.3, -0.25) is 4.98 Å². The summed E-state index contributed by atoms with van der Waals surface area (Å²) in [7, 11) is -1.27. The number of aromatic nitrogens is 1. The number of anilines is 1. The summed E-state index contributed by atoms with van der Waals surface area (Å²) in [5, 5.41) is 11.2. The fraction of sp³-hybridized carbons (Fsp3) is 0.514. The topological polar surface area (TPSA) is 77.0 Å². The number of aliphatic hydroxyl groups excluding tert-OH is 1. The minimum atomic E-state index is -3.53. The molecule has 2 aromatic carbocycles. The first-order valence-electron chi connectivity index (χ1n) is 16.0. The zero-order valence-corrected chi connectivity index (χ0v) is 26.0. The zero-order valence-electron chi connectivity index (χ0n) is 25.2. The van der Waals surface area contributed by atoms with E-state index in [0.29, 0.717) is 22.6 Å². The number of hydrogen-bond donors (Lipinski definition) is 1. The zero-order chi connectivity index (χ0) is 29.6. The predicted molar refractivity (Wildman–Crippen MR) is 169 cm³/mol. The van der Waals surface area contributed by atoms with Crippen molar-refractivity contribution >= 4 is 15.5 Å². The van der Waals surface area contributed by atoms with Crippen molar-refractivity contribution in [1.82, 2.24) is 14.8 Å². The number of rotatable bonds is 7. The maximum Gasteiger partial charge on any atom is 0.206 e. The number of likely N-dealkylation sites (tertiary alicyclic amines) is 1. The number of nitrogens with zero attached hydrogens (tertiary/aromatic N) is 4. The molecule has 8 heteroatoms. The van der Waals surface area contributed by atoms with Gasteiger partial charge in [-0.25, -0.2) is 8.42 Å². The SMILES string of the molecule is CN1Cc2ccccc2C(C2CCN(CC3CN(c4ccc(S(=O)(=O)c5ccncc5)cc4)C3)CC2)(C2CCCC2O)C1. The number of piperidine rings is 1. The van der Waals surface area contributed by atoms with Crippen molar-refractivity contribution in [2.24, 2.45) is 17.8 Å². The Balaban J connectivity index is 0.975. The van der Waals surface area contributed by atoms with Crippen LogP contribution in [0.5, 0.6) is 0 Å². The van der Waals surface area contributed by atoms with Crippen molar-refractivity contribution in [3.8, 4) is 0 Å². The summed E-state index contributed by atoms with van der Waals surface area (Å²) in [6.45, 7) is 7.43. The number of benzene rings is 2. The third kappa shape index (κ3) is 5.30. The van der Waals surface area contributed by atoms with E-state index in [-0.39, 0.29) is 16.4 Å². The number of hydrogen-bond acceptors (Lipinski definition) is 7. The average molecular weight is 601 g/mol. The molecule has 0 radical (unpaired) electrons. The van der Waals surface area contributed by atoms with E-state index >= 15 is 0 Å². The highest BCUT2D eigenvalue weighted by Crippen LogP contribution is 2.53. The van der Waals surface area contributed by atoms with E-state index in [2.05, 4.69) is 51.0 Å². The van der Waals surface area contributed by atoms with Crippen LogP contribution in [0.2, 0.25) is 0 Å². The highest BCUT2D eigenvalue weighted by Gasteiger charge is 2.53. The molecule has 1 N–H and O–H groups in total. The third-order valence-electron chi connectivity index (χ3n) is 10.9. The molecule has 3 aromatic rings. The second-order valence-electron chi connectivity index (χ2n) is 13.5. The normalized spacial score (nSPS) is 27.6. The highest BCUT2D eigenvalue weighted by molar-refractivity contribution is 7.91. The van der Waals surface area contributed by atoms with Gasteiger partial charge in [0.15, 0.2) is 0 Å². The molecule has 0 bridgehead atoms. The molecule has 4 heterocycles. The molecule has 4 aliphatic rings.